The molecule has 3 amide bonds. The van der Waals surface area contributed by atoms with Crippen LogP contribution in [0.1, 0.15) is 53.9 Å². The molecule has 5 atom stereocenters. The van der Waals surface area contributed by atoms with Crippen LogP contribution >= 0.6 is 0 Å². The van der Waals surface area contributed by atoms with Gasteiger partial charge in [0.05, 0.1) is 6.04 Å². The van der Waals surface area contributed by atoms with E-state index in [0.29, 0.717) is 12.8 Å². The molecule has 0 aromatic rings. The monoisotopic (exact) mass is 567 g/mol. The van der Waals surface area contributed by atoms with Crippen LogP contribution in [0.15, 0.2) is 25.3 Å². The van der Waals surface area contributed by atoms with Crippen LogP contribution in [0, 0.1) is 22.7 Å². The third-order valence-electron chi connectivity index (χ3n) is 7.77. The Morgan fingerprint density at radius 3 is 2.21 bits per heavy atom. The molecule has 220 valence electrons. The fraction of sp³-hybridized carbons (Fsp3) is 0.704. The Kier molecular flexibility index (Phi) is 10.3. The van der Waals surface area contributed by atoms with E-state index in [9.17, 15) is 27.6 Å². The van der Waals surface area contributed by atoms with Crippen LogP contribution in [0.5, 0.6) is 0 Å². The van der Waals surface area contributed by atoms with Gasteiger partial charge < -0.3 is 15.5 Å². The lowest BCUT2D eigenvalue weighted by molar-refractivity contribution is -0.145. The largest absolute Gasteiger partial charge is 0.349 e. The van der Waals surface area contributed by atoms with E-state index in [1.165, 1.54) is 19.0 Å². The maximum absolute atomic E-state index is 13.9. The van der Waals surface area contributed by atoms with Gasteiger partial charge in [0.2, 0.25) is 17.6 Å². The van der Waals surface area contributed by atoms with Crippen LogP contribution in [-0.4, -0.2) is 86.4 Å². The highest BCUT2D eigenvalue weighted by Crippen LogP contribution is 2.65. The number of likely N-dealkylation sites (tertiary alicyclic amines) is 1. The first-order chi connectivity index (χ1) is 17.9. The zero-order chi connectivity index (χ0) is 29.9. The van der Waals surface area contributed by atoms with E-state index in [-0.39, 0.29) is 36.8 Å². The number of allylic oxidation sites excluding steroid dienone is 1. The molecule has 0 aromatic carbocycles. The summed E-state index contributed by atoms with van der Waals surface area (Å²) in [7, 11) is -1.22. The van der Waals surface area contributed by atoms with Crippen molar-refractivity contribution >= 4 is 33.7 Å². The van der Waals surface area contributed by atoms with Crippen LogP contribution in [0.25, 0.3) is 0 Å². The summed E-state index contributed by atoms with van der Waals surface area (Å²) >= 11 is 0. The smallest absolute Gasteiger partial charge is 0.289 e. The van der Waals surface area contributed by atoms with Crippen LogP contribution in [-0.2, 0) is 29.4 Å². The van der Waals surface area contributed by atoms with Gasteiger partial charge in [0.15, 0.2) is 0 Å². The van der Waals surface area contributed by atoms with Crippen LogP contribution in [0.2, 0.25) is 0 Å². The minimum atomic E-state index is -3.95. The molecule has 1 aliphatic carbocycles. The van der Waals surface area contributed by atoms with Gasteiger partial charge in [-0.25, -0.2) is 0 Å². The summed E-state index contributed by atoms with van der Waals surface area (Å²) in [5.41, 5.74) is -1.00. The standard InChI is InChI=1S/C27H45N5O6S/c1-10-12-14-18(21(33)24(35)28-15-13-11-2)29-23(34)20-19-17(27(19,6)7)16-32(20)25(36)22(26(3,4)5)30-39(37,38)31(8)9/h10-11,17-20,22,30H,1-2,12-16H2,3-9H3,(H,28,35)(H,29,34)/t17-,18?,19-,20-,22+/m0/s1. The van der Waals surface area contributed by atoms with E-state index in [0.717, 1.165) is 4.31 Å². The van der Waals surface area contributed by atoms with Gasteiger partial charge in [0.25, 0.3) is 16.1 Å². The lowest BCUT2D eigenvalue weighted by atomic mass is 9.86. The molecule has 12 heteroatoms. The van der Waals surface area contributed by atoms with Crippen molar-refractivity contribution in [3.8, 4) is 0 Å². The van der Waals surface area contributed by atoms with Crippen LogP contribution in [0.4, 0.5) is 0 Å². The first kappa shape index (κ1) is 32.6. The molecule has 0 aromatic heterocycles. The minimum Gasteiger partial charge on any atom is -0.349 e. The number of nitrogens with zero attached hydrogens (tertiary/aromatic N) is 2. The highest BCUT2D eigenvalue weighted by Gasteiger charge is 2.70. The lowest BCUT2D eigenvalue weighted by Crippen LogP contribution is -2.61. The van der Waals surface area contributed by atoms with Gasteiger partial charge in [-0.1, -0.05) is 46.8 Å². The maximum Gasteiger partial charge on any atom is 0.289 e. The Morgan fingerprint density at radius 2 is 1.69 bits per heavy atom. The SMILES string of the molecule is C=CCCNC(=O)C(=O)C(CCC=C)NC(=O)[C@@H]1[C@@H]2[C@H](CN1C(=O)[C@@H](NS(=O)(=O)N(C)C)C(C)(C)C)C2(C)C. The Bertz CT molecular complexity index is 1090. The average molecular weight is 568 g/mol. The van der Waals surface area contributed by atoms with Crippen LogP contribution in [0.3, 0.4) is 0 Å². The molecule has 11 nitrogen and oxygen atoms in total. The third kappa shape index (κ3) is 7.34. The minimum absolute atomic E-state index is 0.0489. The summed E-state index contributed by atoms with van der Waals surface area (Å²) < 4.78 is 28.8. The number of rotatable bonds is 14. The van der Waals surface area contributed by atoms with Crippen molar-refractivity contribution in [2.75, 3.05) is 27.2 Å². The molecule has 1 aliphatic heterocycles. The van der Waals surface area contributed by atoms with E-state index in [4.69, 9.17) is 0 Å². The summed E-state index contributed by atoms with van der Waals surface area (Å²) in [6, 6.07) is -3.13. The van der Waals surface area contributed by atoms with E-state index < -0.39 is 57.3 Å². The van der Waals surface area contributed by atoms with E-state index in [1.54, 1.807) is 32.9 Å². The first-order valence-electron chi connectivity index (χ1n) is 13.3. The number of carbonyl (C=O) groups excluding carboxylic acids is 4. The van der Waals surface area contributed by atoms with E-state index in [1.807, 2.05) is 13.8 Å². The molecule has 3 N–H and O–H groups in total. The molecule has 0 bridgehead atoms. The Balaban J connectivity index is 2.34. The second-order valence-corrected chi connectivity index (χ2v) is 14.1. The normalized spacial score (nSPS) is 23.4. The summed E-state index contributed by atoms with van der Waals surface area (Å²) in [6.07, 6.45) is 4.27. The number of Topliss-reactive ketones (excluding diaryl/α,β-unsaturated/α-hetero) is 1. The van der Waals surface area contributed by atoms with Crippen molar-refractivity contribution in [3.63, 3.8) is 0 Å². The van der Waals surface area contributed by atoms with Crippen molar-refractivity contribution in [2.45, 2.75) is 72.0 Å². The predicted molar refractivity (Wildman–Crippen MR) is 149 cm³/mol. The zero-order valence-corrected chi connectivity index (χ0v) is 25.1. The van der Waals surface area contributed by atoms with Crippen molar-refractivity contribution in [3.05, 3.63) is 25.3 Å². The van der Waals surface area contributed by atoms with Crippen molar-refractivity contribution in [1.82, 2.24) is 24.6 Å². The highest BCUT2D eigenvalue weighted by atomic mass is 32.2. The zero-order valence-electron chi connectivity index (χ0n) is 24.2. The maximum atomic E-state index is 13.9. The van der Waals surface area contributed by atoms with Crippen molar-refractivity contribution in [1.29, 1.82) is 0 Å². The fourth-order valence-electron chi connectivity index (χ4n) is 5.17. The predicted octanol–water partition coefficient (Wildman–Crippen LogP) is 0.993. The number of fused-ring (bicyclic) bond motifs is 1. The molecule has 2 aliphatic rings. The van der Waals surface area contributed by atoms with Gasteiger partial charge in [-0.15, -0.1) is 13.2 Å². The lowest BCUT2D eigenvalue weighted by Gasteiger charge is -2.38. The Morgan fingerprint density at radius 1 is 1.10 bits per heavy atom. The number of amides is 3. The number of carbonyl (C=O) groups is 4. The molecule has 0 radical (unpaired) electrons. The van der Waals surface area contributed by atoms with Gasteiger partial charge in [-0.2, -0.15) is 17.4 Å². The van der Waals surface area contributed by atoms with E-state index >= 15 is 0 Å². The number of hydrogen-bond donors (Lipinski definition) is 3. The quantitative estimate of drug-likeness (QED) is 0.162. The van der Waals surface area contributed by atoms with Gasteiger partial charge in [0, 0.05) is 27.2 Å². The van der Waals surface area contributed by atoms with Gasteiger partial charge >= 0.3 is 0 Å². The van der Waals surface area contributed by atoms with E-state index in [2.05, 4.69) is 28.5 Å². The Labute approximate surface area is 233 Å². The highest BCUT2D eigenvalue weighted by molar-refractivity contribution is 7.87. The number of ketones is 1. The van der Waals surface area contributed by atoms with Gasteiger partial charge in [-0.05, 0) is 41.9 Å². The number of nitrogens with one attached hydrogen (secondary N) is 3. The summed E-state index contributed by atoms with van der Waals surface area (Å²) in [4.78, 5) is 54.4. The third-order valence-corrected chi connectivity index (χ3v) is 9.27. The molecule has 0 spiro atoms. The van der Waals surface area contributed by atoms with Gasteiger partial charge in [0.1, 0.15) is 12.1 Å². The van der Waals surface area contributed by atoms with Gasteiger partial charge in [-0.3, -0.25) is 19.2 Å². The van der Waals surface area contributed by atoms with Crippen LogP contribution < -0.4 is 15.4 Å². The summed E-state index contributed by atoms with van der Waals surface area (Å²) in [6.45, 7) is 17.1. The van der Waals surface area contributed by atoms with Crippen molar-refractivity contribution in [2.24, 2.45) is 22.7 Å². The first-order valence-corrected chi connectivity index (χ1v) is 14.7. The second-order valence-electron chi connectivity index (χ2n) is 12.2. The summed E-state index contributed by atoms with van der Waals surface area (Å²) in [5.74, 6) is -2.74. The molecule has 2 fully saturated rings. The molecule has 1 saturated heterocycles. The second kappa shape index (κ2) is 12.3. The molecular weight excluding hydrogens is 522 g/mol. The average Bonchev–Trinajstić information content (AvgIpc) is 3.17. The van der Waals surface area contributed by atoms with Crippen molar-refractivity contribution < 1.29 is 27.6 Å². The molecular formula is C27H45N5O6S. The molecule has 1 unspecified atom stereocenters. The number of hydrogen-bond acceptors (Lipinski definition) is 6. The molecule has 2 rings (SSSR count). The molecule has 1 saturated carbocycles. The Hall–Kier alpha value is -2.57. The topological polar surface area (TPSA) is 145 Å². The fourth-order valence-corrected chi connectivity index (χ4v) is 6.14. The number of piperidine rings is 1. The molecule has 39 heavy (non-hydrogen) atoms. The summed E-state index contributed by atoms with van der Waals surface area (Å²) in [5, 5.41) is 5.26. The molecule has 1 heterocycles.